The van der Waals surface area contributed by atoms with Crippen LogP contribution in [0, 0.1) is 0 Å². The molecule has 1 N–H and O–H groups in total. The maximum atomic E-state index is 10.4. The number of rotatable bonds is 2. The zero-order valence-electron chi connectivity index (χ0n) is 8.27. The lowest BCUT2D eigenvalue weighted by atomic mass is 9.90. The van der Waals surface area contributed by atoms with Crippen molar-refractivity contribution in [1.29, 1.82) is 0 Å². The number of halogens is 1. The van der Waals surface area contributed by atoms with Crippen LogP contribution in [-0.4, -0.2) is 5.11 Å². The summed E-state index contributed by atoms with van der Waals surface area (Å²) in [7, 11) is 0. The molecule has 0 bridgehead atoms. The van der Waals surface area contributed by atoms with Crippen molar-refractivity contribution < 1.29 is 9.52 Å². The molecule has 15 heavy (non-hydrogen) atoms. The van der Waals surface area contributed by atoms with E-state index in [0.29, 0.717) is 0 Å². The molecule has 0 aliphatic carbocycles. The van der Waals surface area contributed by atoms with Crippen LogP contribution in [-0.2, 0) is 5.60 Å². The Bertz CT molecular complexity index is 446. The Morgan fingerprint density at radius 2 is 2.00 bits per heavy atom. The summed E-state index contributed by atoms with van der Waals surface area (Å²) < 4.78 is 5.87. The number of hydrogen-bond acceptors (Lipinski definition) is 2. The minimum Gasteiger partial charge on any atom is -0.472 e. The van der Waals surface area contributed by atoms with Gasteiger partial charge in [-0.15, -0.1) is 0 Å². The number of hydrogen-bond donors (Lipinski definition) is 1. The van der Waals surface area contributed by atoms with E-state index in [1.54, 1.807) is 25.5 Å². The third-order valence-electron chi connectivity index (χ3n) is 2.48. The number of benzene rings is 1. The third kappa shape index (κ3) is 1.85. The fourth-order valence-corrected chi connectivity index (χ4v) is 2.22. The Kier molecular flexibility index (Phi) is 2.67. The zero-order chi connectivity index (χ0) is 10.9. The summed E-state index contributed by atoms with van der Waals surface area (Å²) in [6, 6.07) is 9.37. The third-order valence-corrected chi connectivity index (χ3v) is 3.17. The molecule has 0 amide bonds. The minimum atomic E-state index is -1.03. The summed E-state index contributed by atoms with van der Waals surface area (Å²) in [5.41, 5.74) is 0.536. The van der Waals surface area contributed by atoms with Gasteiger partial charge in [-0.1, -0.05) is 34.1 Å². The van der Waals surface area contributed by atoms with Crippen LogP contribution in [0.25, 0.3) is 0 Å². The van der Waals surface area contributed by atoms with Crippen LogP contribution in [0.3, 0.4) is 0 Å². The van der Waals surface area contributed by atoms with Gasteiger partial charge >= 0.3 is 0 Å². The molecule has 0 spiro atoms. The van der Waals surface area contributed by atoms with Crippen LogP contribution in [0.2, 0.25) is 0 Å². The van der Waals surface area contributed by atoms with Crippen molar-refractivity contribution in [2.45, 2.75) is 12.5 Å². The molecule has 78 valence electrons. The molecule has 3 heteroatoms. The lowest BCUT2D eigenvalue weighted by molar-refractivity contribution is 0.101. The van der Waals surface area contributed by atoms with Gasteiger partial charge in [0.25, 0.3) is 0 Å². The standard InChI is InChI=1S/C12H11BrO2/c1-12(14,9-6-7-15-8-9)10-4-2-3-5-11(10)13/h2-8,14H,1H3. The van der Waals surface area contributed by atoms with Crippen LogP contribution in [0.5, 0.6) is 0 Å². The topological polar surface area (TPSA) is 33.4 Å². The summed E-state index contributed by atoms with van der Waals surface area (Å²) in [6.07, 6.45) is 3.11. The second-order valence-corrected chi connectivity index (χ2v) is 4.42. The van der Waals surface area contributed by atoms with Gasteiger partial charge in [0, 0.05) is 15.6 Å². The van der Waals surface area contributed by atoms with Crippen LogP contribution in [0.1, 0.15) is 18.1 Å². The molecule has 1 aromatic carbocycles. The fraction of sp³-hybridized carbons (Fsp3) is 0.167. The van der Waals surface area contributed by atoms with Gasteiger partial charge < -0.3 is 9.52 Å². The molecule has 2 aromatic rings. The smallest absolute Gasteiger partial charge is 0.116 e. The van der Waals surface area contributed by atoms with Crippen LogP contribution in [0.15, 0.2) is 51.7 Å². The average molecular weight is 267 g/mol. The van der Waals surface area contributed by atoms with Crippen LogP contribution in [0.4, 0.5) is 0 Å². The van der Waals surface area contributed by atoms with Gasteiger partial charge in [0.15, 0.2) is 0 Å². The van der Waals surface area contributed by atoms with E-state index in [1.165, 1.54) is 0 Å². The molecule has 1 unspecified atom stereocenters. The molecule has 0 saturated carbocycles. The second-order valence-electron chi connectivity index (χ2n) is 3.56. The van der Waals surface area contributed by atoms with Gasteiger partial charge in [-0.3, -0.25) is 0 Å². The van der Waals surface area contributed by atoms with Crippen molar-refractivity contribution in [3.05, 3.63) is 58.5 Å². The van der Waals surface area contributed by atoms with E-state index >= 15 is 0 Å². The SMILES string of the molecule is CC(O)(c1ccoc1)c1ccccc1Br. The van der Waals surface area contributed by atoms with E-state index in [1.807, 2.05) is 24.3 Å². The maximum Gasteiger partial charge on any atom is 0.116 e. The summed E-state index contributed by atoms with van der Waals surface area (Å²) in [5.74, 6) is 0. The van der Waals surface area contributed by atoms with E-state index in [4.69, 9.17) is 4.42 Å². The van der Waals surface area contributed by atoms with Crippen LogP contribution >= 0.6 is 15.9 Å². The predicted octanol–water partition coefficient (Wildman–Crippen LogP) is 3.30. The minimum absolute atomic E-state index is 0.745. The molecule has 1 heterocycles. The van der Waals surface area contributed by atoms with E-state index in [9.17, 15) is 5.11 Å². The molecule has 0 radical (unpaired) electrons. The van der Waals surface area contributed by atoms with Crippen molar-refractivity contribution in [2.24, 2.45) is 0 Å². The van der Waals surface area contributed by atoms with Gasteiger partial charge in [0.05, 0.1) is 12.5 Å². The zero-order valence-corrected chi connectivity index (χ0v) is 9.86. The molecule has 1 aromatic heterocycles. The Hall–Kier alpha value is -1.06. The van der Waals surface area contributed by atoms with Crippen molar-refractivity contribution in [3.63, 3.8) is 0 Å². The van der Waals surface area contributed by atoms with Gasteiger partial charge in [-0.05, 0) is 19.1 Å². The summed E-state index contributed by atoms with van der Waals surface area (Å²) >= 11 is 3.43. The van der Waals surface area contributed by atoms with Gasteiger partial charge in [-0.2, -0.15) is 0 Å². The lowest BCUT2D eigenvalue weighted by Gasteiger charge is -2.23. The van der Waals surface area contributed by atoms with Crippen molar-refractivity contribution >= 4 is 15.9 Å². The van der Waals surface area contributed by atoms with Gasteiger partial charge in [0.2, 0.25) is 0 Å². The predicted molar refractivity (Wildman–Crippen MR) is 61.5 cm³/mol. The molecule has 1 atom stereocenters. The quantitative estimate of drug-likeness (QED) is 0.905. The highest BCUT2D eigenvalue weighted by Crippen LogP contribution is 2.33. The first-order valence-electron chi connectivity index (χ1n) is 4.62. The fourth-order valence-electron chi connectivity index (χ4n) is 1.55. The lowest BCUT2D eigenvalue weighted by Crippen LogP contribution is -2.22. The monoisotopic (exact) mass is 266 g/mol. The Balaban J connectivity index is 2.51. The first-order valence-corrected chi connectivity index (χ1v) is 5.42. The molecule has 2 rings (SSSR count). The molecule has 0 fully saturated rings. The Morgan fingerprint density at radius 3 is 2.60 bits per heavy atom. The van der Waals surface area contributed by atoms with Gasteiger partial charge in [0.1, 0.15) is 5.60 Å². The van der Waals surface area contributed by atoms with Gasteiger partial charge in [-0.25, -0.2) is 0 Å². The first kappa shape index (κ1) is 10.5. The first-order chi connectivity index (χ1) is 7.12. The highest BCUT2D eigenvalue weighted by molar-refractivity contribution is 9.10. The average Bonchev–Trinajstić information content (AvgIpc) is 2.71. The van der Waals surface area contributed by atoms with E-state index in [2.05, 4.69) is 15.9 Å². The highest BCUT2D eigenvalue weighted by atomic mass is 79.9. The van der Waals surface area contributed by atoms with E-state index in [-0.39, 0.29) is 0 Å². The largest absolute Gasteiger partial charge is 0.472 e. The molecule has 2 nitrogen and oxygen atoms in total. The normalized spacial score (nSPS) is 14.9. The van der Waals surface area contributed by atoms with E-state index in [0.717, 1.165) is 15.6 Å². The van der Waals surface area contributed by atoms with Crippen molar-refractivity contribution in [2.75, 3.05) is 0 Å². The maximum absolute atomic E-state index is 10.4. The molecule has 0 saturated heterocycles. The molecule has 0 aliphatic heterocycles. The van der Waals surface area contributed by atoms with E-state index < -0.39 is 5.60 Å². The molecule has 0 aliphatic rings. The number of aliphatic hydroxyl groups is 1. The second kappa shape index (κ2) is 3.83. The molecular weight excluding hydrogens is 256 g/mol. The number of furan rings is 1. The summed E-state index contributed by atoms with van der Waals surface area (Å²) in [6.45, 7) is 1.75. The highest BCUT2D eigenvalue weighted by Gasteiger charge is 2.28. The van der Waals surface area contributed by atoms with Crippen molar-refractivity contribution in [3.8, 4) is 0 Å². The Morgan fingerprint density at radius 1 is 1.27 bits per heavy atom. The summed E-state index contributed by atoms with van der Waals surface area (Å²) in [5, 5.41) is 10.4. The molecular formula is C12H11BrO2. The Labute approximate surface area is 96.7 Å². The van der Waals surface area contributed by atoms with Crippen molar-refractivity contribution in [1.82, 2.24) is 0 Å². The van der Waals surface area contributed by atoms with Crippen LogP contribution < -0.4 is 0 Å². The summed E-state index contributed by atoms with van der Waals surface area (Å²) in [4.78, 5) is 0.